The quantitative estimate of drug-likeness (QED) is 0.832. The summed E-state index contributed by atoms with van der Waals surface area (Å²) in [5, 5.41) is 11.4. The molecule has 0 unspecified atom stereocenters. The van der Waals surface area contributed by atoms with Crippen LogP contribution in [0.2, 0.25) is 0 Å². The van der Waals surface area contributed by atoms with E-state index in [4.69, 9.17) is 9.47 Å². The molecule has 4 heteroatoms. The summed E-state index contributed by atoms with van der Waals surface area (Å²) >= 11 is 0. The van der Waals surface area contributed by atoms with Crippen LogP contribution < -0.4 is 4.74 Å². The number of methoxy groups -OCH3 is 1. The standard InChI is InChI=1S/C19H22O4/c1-13(18(21)23-12-19(11-20)7-8-19)14-3-4-16-10-17(22-2)6-5-15(16)9-14/h3-6,9-10,13,20H,7-8,11-12H2,1-2H3/t13-/m0/s1. The second-order valence-corrected chi connectivity index (χ2v) is 6.46. The molecule has 0 aliphatic heterocycles. The molecule has 1 atom stereocenters. The maximum absolute atomic E-state index is 12.2. The predicted molar refractivity (Wildman–Crippen MR) is 88.6 cm³/mol. The minimum absolute atomic E-state index is 0.0898. The molecule has 3 rings (SSSR count). The van der Waals surface area contributed by atoms with E-state index in [-0.39, 0.29) is 23.9 Å². The Morgan fingerprint density at radius 1 is 1.22 bits per heavy atom. The summed E-state index contributed by atoms with van der Waals surface area (Å²) in [5.74, 6) is 0.255. The number of aliphatic hydroxyl groups excluding tert-OH is 1. The van der Waals surface area contributed by atoms with Gasteiger partial charge in [-0.1, -0.05) is 24.3 Å². The lowest BCUT2D eigenvalue weighted by atomic mass is 9.97. The van der Waals surface area contributed by atoms with Crippen LogP contribution in [0.3, 0.4) is 0 Å². The van der Waals surface area contributed by atoms with E-state index < -0.39 is 0 Å². The highest BCUT2D eigenvalue weighted by atomic mass is 16.5. The lowest BCUT2D eigenvalue weighted by molar-refractivity contribution is -0.147. The summed E-state index contributed by atoms with van der Waals surface area (Å²) in [4.78, 5) is 12.2. The fourth-order valence-electron chi connectivity index (χ4n) is 2.65. The van der Waals surface area contributed by atoms with Gasteiger partial charge in [-0.25, -0.2) is 0 Å². The molecular formula is C19H22O4. The van der Waals surface area contributed by atoms with E-state index in [1.807, 2.05) is 43.3 Å². The van der Waals surface area contributed by atoms with Gasteiger partial charge in [0.25, 0.3) is 0 Å². The number of carbonyl (C=O) groups is 1. The first-order valence-corrected chi connectivity index (χ1v) is 7.92. The summed E-state index contributed by atoms with van der Waals surface area (Å²) in [7, 11) is 1.65. The third-order valence-electron chi connectivity index (χ3n) is 4.74. The van der Waals surface area contributed by atoms with Crippen LogP contribution in [0.15, 0.2) is 36.4 Å². The molecule has 2 aromatic carbocycles. The Morgan fingerprint density at radius 3 is 2.57 bits per heavy atom. The number of aliphatic hydroxyl groups is 1. The summed E-state index contributed by atoms with van der Waals surface area (Å²) in [5.41, 5.74) is 0.761. The average molecular weight is 314 g/mol. The van der Waals surface area contributed by atoms with Gasteiger partial charge in [0.1, 0.15) is 5.75 Å². The Kier molecular flexibility index (Phi) is 4.26. The first-order valence-electron chi connectivity index (χ1n) is 7.92. The molecule has 1 aliphatic rings. The average Bonchev–Trinajstić information content (AvgIpc) is 3.38. The largest absolute Gasteiger partial charge is 0.497 e. The van der Waals surface area contributed by atoms with Gasteiger partial charge in [0.05, 0.1) is 26.2 Å². The molecule has 0 saturated heterocycles. The Hall–Kier alpha value is -2.07. The lowest BCUT2D eigenvalue weighted by Crippen LogP contribution is -2.21. The van der Waals surface area contributed by atoms with Crippen LogP contribution in [-0.2, 0) is 9.53 Å². The van der Waals surface area contributed by atoms with Gasteiger partial charge in [0, 0.05) is 5.41 Å². The van der Waals surface area contributed by atoms with E-state index in [1.54, 1.807) is 7.11 Å². The van der Waals surface area contributed by atoms with Crippen LogP contribution >= 0.6 is 0 Å². The molecule has 1 aliphatic carbocycles. The number of benzene rings is 2. The molecule has 2 aromatic rings. The van der Waals surface area contributed by atoms with E-state index >= 15 is 0 Å². The first-order chi connectivity index (χ1) is 11.1. The van der Waals surface area contributed by atoms with Gasteiger partial charge < -0.3 is 14.6 Å². The van der Waals surface area contributed by atoms with Crippen molar-refractivity contribution in [3.8, 4) is 5.75 Å². The number of esters is 1. The maximum atomic E-state index is 12.2. The van der Waals surface area contributed by atoms with Crippen molar-refractivity contribution >= 4 is 16.7 Å². The van der Waals surface area contributed by atoms with Crippen molar-refractivity contribution < 1.29 is 19.4 Å². The van der Waals surface area contributed by atoms with Crippen molar-refractivity contribution in [3.63, 3.8) is 0 Å². The molecule has 122 valence electrons. The minimum atomic E-state index is -0.323. The normalized spacial score (nSPS) is 16.8. The highest BCUT2D eigenvalue weighted by Crippen LogP contribution is 2.45. The number of ether oxygens (including phenoxy) is 2. The van der Waals surface area contributed by atoms with Crippen molar-refractivity contribution in [2.75, 3.05) is 20.3 Å². The maximum Gasteiger partial charge on any atom is 0.313 e. The zero-order valence-corrected chi connectivity index (χ0v) is 13.5. The molecule has 1 N–H and O–H groups in total. The molecular weight excluding hydrogens is 292 g/mol. The lowest BCUT2D eigenvalue weighted by Gasteiger charge is -2.16. The topological polar surface area (TPSA) is 55.8 Å². The summed E-state index contributed by atoms with van der Waals surface area (Å²) in [6, 6.07) is 11.8. The van der Waals surface area contributed by atoms with Crippen molar-refractivity contribution in [1.29, 1.82) is 0 Å². The van der Waals surface area contributed by atoms with Gasteiger partial charge in [-0.3, -0.25) is 4.79 Å². The summed E-state index contributed by atoms with van der Waals surface area (Å²) < 4.78 is 10.6. The Morgan fingerprint density at radius 2 is 1.91 bits per heavy atom. The molecule has 0 spiro atoms. The van der Waals surface area contributed by atoms with Crippen molar-refractivity contribution in [3.05, 3.63) is 42.0 Å². The van der Waals surface area contributed by atoms with Gasteiger partial charge in [-0.15, -0.1) is 0 Å². The van der Waals surface area contributed by atoms with E-state index in [0.29, 0.717) is 6.61 Å². The zero-order chi connectivity index (χ0) is 16.4. The van der Waals surface area contributed by atoms with Gasteiger partial charge in [-0.05, 0) is 48.2 Å². The van der Waals surface area contributed by atoms with Gasteiger partial charge in [0.15, 0.2) is 0 Å². The fourth-order valence-corrected chi connectivity index (χ4v) is 2.65. The van der Waals surface area contributed by atoms with Crippen LogP contribution in [0, 0.1) is 5.41 Å². The second-order valence-electron chi connectivity index (χ2n) is 6.46. The Bertz CT molecular complexity index is 718. The van der Waals surface area contributed by atoms with Crippen molar-refractivity contribution in [2.24, 2.45) is 5.41 Å². The van der Waals surface area contributed by atoms with Crippen LogP contribution in [0.4, 0.5) is 0 Å². The Labute approximate surface area is 136 Å². The smallest absolute Gasteiger partial charge is 0.313 e. The molecule has 0 bridgehead atoms. The molecule has 0 amide bonds. The Balaban J connectivity index is 1.72. The summed E-state index contributed by atoms with van der Waals surface area (Å²) in [6.45, 7) is 2.26. The number of carbonyl (C=O) groups excluding carboxylic acids is 1. The van der Waals surface area contributed by atoms with E-state index in [9.17, 15) is 9.90 Å². The van der Waals surface area contributed by atoms with Gasteiger partial charge in [0.2, 0.25) is 0 Å². The highest BCUT2D eigenvalue weighted by Gasteiger charge is 2.43. The van der Waals surface area contributed by atoms with Crippen LogP contribution in [0.1, 0.15) is 31.2 Å². The second kappa shape index (κ2) is 6.20. The number of hydrogen-bond acceptors (Lipinski definition) is 4. The summed E-state index contributed by atoms with van der Waals surface area (Å²) in [6.07, 6.45) is 1.87. The van der Waals surface area contributed by atoms with Gasteiger partial charge in [-0.2, -0.15) is 0 Å². The van der Waals surface area contributed by atoms with E-state index in [2.05, 4.69) is 0 Å². The number of hydrogen-bond donors (Lipinski definition) is 1. The first kappa shape index (κ1) is 15.8. The molecule has 23 heavy (non-hydrogen) atoms. The molecule has 1 saturated carbocycles. The van der Waals surface area contributed by atoms with Crippen molar-refractivity contribution in [1.82, 2.24) is 0 Å². The van der Waals surface area contributed by atoms with Crippen molar-refractivity contribution in [2.45, 2.75) is 25.7 Å². The molecule has 0 radical (unpaired) electrons. The monoisotopic (exact) mass is 314 g/mol. The third-order valence-corrected chi connectivity index (χ3v) is 4.74. The van der Waals surface area contributed by atoms with Crippen LogP contribution in [0.25, 0.3) is 10.8 Å². The number of rotatable bonds is 6. The molecule has 0 aromatic heterocycles. The van der Waals surface area contributed by atoms with Gasteiger partial charge >= 0.3 is 5.97 Å². The van der Waals surface area contributed by atoms with E-state index in [1.165, 1.54) is 0 Å². The zero-order valence-electron chi connectivity index (χ0n) is 13.5. The van der Waals surface area contributed by atoms with Crippen LogP contribution in [0.5, 0.6) is 5.75 Å². The molecule has 1 fully saturated rings. The minimum Gasteiger partial charge on any atom is -0.497 e. The fraction of sp³-hybridized carbons (Fsp3) is 0.421. The molecule has 0 heterocycles. The predicted octanol–water partition coefficient (Wildman–Crippen LogP) is 3.27. The number of fused-ring (bicyclic) bond motifs is 1. The molecule has 4 nitrogen and oxygen atoms in total. The highest BCUT2D eigenvalue weighted by molar-refractivity contribution is 5.86. The van der Waals surface area contributed by atoms with Crippen LogP contribution in [-0.4, -0.2) is 31.4 Å². The third kappa shape index (κ3) is 3.32. The van der Waals surface area contributed by atoms with E-state index in [0.717, 1.165) is 34.9 Å². The SMILES string of the molecule is COc1ccc2cc([C@H](C)C(=O)OCC3(CO)CC3)ccc2c1.